The maximum absolute atomic E-state index is 12.7. The van der Waals surface area contributed by atoms with Gasteiger partial charge in [0.2, 0.25) is 0 Å². The molecule has 0 unspecified atom stereocenters. The molecule has 5 heteroatoms. The highest BCUT2D eigenvalue weighted by Crippen LogP contribution is 2.23. The summed E-state index contributed by atoms with van der Waals surface area (Å²) < 4.78 is 11.6. The molecule has 1 N–H and O–H groups in total. The molecule has 5 nitrogen and oxygen atoms in total. The summed E-state index contributed by atoms with van der Waals surface area (Å²) in [4.78, 5) is 15.1. The van der Waals surface area contributed by atoms with Crippen molar-refractivity contribution in [2.45, 2.75) is 58.5 Å². The molecule has 0 bridgehead atoms. The van der Waals surface area contributed by atoms with Gasteiger partial charge in [-0.2, -0.15) is 0 Å². The Bertz CT molecular complexity index is 541. The summed E-state index contributed by atoms with van der Waals surface area (Å²) in [7, 11) is 0. The van der Waals surface area contributed by atoms with Crippen molar-refractivity contribution in [3.63, 3.8) is 0 Å². The number of amides is 1. The van der Waals surface area contributed by atoms with Gasteiger partial charge in [0.15, 0.2) is 0 Å². The molecule has 26 heavy (non-hydrogen) atoms. The van der Waals surface area contributed by atoms with E-state index in [-0.39, 0.29) is 5.91 Å². The highest BCUT2D eigenvalue weighted by atomic mass is 16.5. The van der Waals surface area contributed by atoms with Gasteiger partial charge in [-0.25, -0.2) is 0 Å². The van der Waals surface area contributed by atoms with E-state index < -0.39 is 5.60 Å². The fraction of sp³-hybridized carbons (Fsp3) is 0.667. The maximum Gasteiger partial charge on any atom is 0.256 e. The average Bonchev–Trinajstić information content (AvgIpc) is 3.15. The van der Waals surface area contributed by atoms with Gasteiger partial charge in [0.25, 0.3) is 5.91 Å². The average molecular weight is 363 g/mol. The first-order valence-electron chi connectivity index (χ1n) is 9.98. The molecule has 1 heterocycles. The lowest BCUT2D eigenvalue weighted by atomic mass is 9.97. The third-order valence-corrected chi connectivity index (χ3v) is 4.94. The second-order valence-electron chi connectivity index (χ2n) is 7.14. The van der Waals surface area contributed by atoms with Crippen LogP contribution in [0.5, 0.6) is 5.75 Å². The zero-order chi connectivity index (χ0) is 18.8. The fourth-order valence-corrected chi connectivity index (χ4v) is 3.28. The van der Waals surface area contributed by atoms with Crippen LogP contribution >= 0.6 is 0 Å². The van der Waals surface area contributed by atoms with Crippen LogP contribution in [0.1, 0.15) is 52.9 Å². The molecule has 2 rings (SSSR count). The lowest BCUT2D eigenvalue weighted by Gasteiger charge is -2.28. The van der Waals surface area contributed by atoms with E-state index in [1.807, 2.05) is 38.1 Å². The molecule has 146 valence electrons. The second-order valence-corrected chi connectivity index (χ2v) is 7.14. The van der Waals surface area contributed by atoms with E-state index in [1.54, 1.807) is 0 Å². The smallest absolute Gasteiger partial charge is 0.256 e. The summed E-state index contributed by atoms with van der Waals surface area (Å²) in [6.45, 7) is 10.5. The zero-order valence-electron chi connectivity index (χ0n) is 16.6. The quantitative estimate of drug-likeness (QED) is 0.644. The highest BCUT2D eigenvalue weighted by molar-refractivity contribution is 5.97. The first-order valence-corrected chi connectivity index (χ1v) is 9.98. The molecule has 1 aromatic carbocycles. The predicted molar refractivity (Wildman–Crippen MR) is 106 cm³/mol. The molecule has 1 aliphatic rings. The summed E-state index contributed by atoms with van der Waals surface area (Å²) in [6.07, 6.45) is 5.33. The van der Waals surface area contributed by atoms with Crippen molar-refractivity contribution in [3.8, 4) is 5.75 Å². The number of hydrogen-bond donors (Lipinski definition) is 1. The Morgan fingerprint density at radius 1 is 1.19 bits per heavy atom. The van der Waals surface area contributed by atoms with Gasteiger partial charge in [-0.05, 0) is 70.5 Å². The van der Waals surface area contributed by atoms with Gasteiger partial charge in [-0.15, -0.1) is 0 Å². The minimum Gasteiger partial charge on any atom is -0.492 e. The first kappa shape index (κ1) is 20.7. The molecule has 0 spiro atoms. The van der Waals surface area contributed by atoms with Crippen LogP contribution in [0.3, 0.4) is 0 Å². The lowest BCUT2D eigenvalue weighted by Crippen LogP contribution is -2.42. The summed E-state index contributed by atoms with van der Waals surface area (Å²) in [6, 6.07) is 7.58. The van der Waals surface area contributed by atoms with E-state index in [1.165, 1.54) is 25.9 Å². The van der Waals surface area contributed by atoms with Crippen LogP contribution in [0.25, 0.3) is 0 Å². The Kier molecular flexibility index (Phi) is 8.39. The first-order chi connectivity index (χ1) is 12.6. The molecular formula is C21H34N2O3. The Morgan fingerprint density at radius 3 is 2.50 bits per heavy atom. The summed E-state index contributed by atoms with van der Waals surface area (Å²) in [5, 5.41) is 2.98. The van der Waals surface area contributed by atoms with Crippen LogP contribution in [0.15, 0.2) is 24.3 Å². The number of nitrogens with one attached hydrogen (secondary N) is 1. The number of anilines is 1. The fourth-order valence-electron chi connectivity index (χ4n) is 3.28. The summed E-state index contributed by atoms with van der Waals surface area (Å²) in [5.74, 6) is 0.747. The molecule has 0 aromatic heterocycles. The third kappa shape index (κ3) is 6.29. The van der Waals surface area contributed by atoms with Crippen LogP contribution < -0.4 is 10.1 Å². The normalized spacial score (nSPS) is 17.0. The van der Waals surface area contributed by atoms with E-state index >= 15 is 0 Å². The molecule has 1 saturated heterocycles. The Hall–Kier alpha value is -1.59. The van der Waals surface area contributed by atoms with Gasteiger partial charge in [-0.3, -0.25) is 9.69 Å². The summed E-state index contributed by atoms with van der Waals surface area (Å²) >= 11 is 0. The lowest BCUT2D eigenvalue weighted by molar-refractivity contribution is -0.139. The molecular weight excluding hydrogens is 328 g/mol. The van der Waals surface area contributed by atoms with Gasteiger partial charge in [0.1, 0.15) is 18.0 Å². The van der Waals surface area contributed by atoms with Crippen LogP contribution in [0.4, 0.5) is 5.69 Å². The van der Waals surface area contributed by atoms with Crippen molar-refractivity contribution in [1.29, 1.82) is 0 Å². The van der Waals surface area contributed by atoms with Crippen LogP contribution in [0, 0.1) is 0 Å². The Balaban J connectivity index is 1.83. The minimum atomic E-state index is -0.782. The van der Waals surface area contributed by atoms with Gasteiger partial charge >= 0.3 is 0 Å². The third-order valence-electron chi connectivity index (χ3n) is 4.94. The van der Waals surface area contributed by atoms with Gasteiger partial charge in [0, 0.05) is 18.8 Å². The minimum absolute atomic E-state index is 0.0875. The van der Waals surface area contributed by atoms with Crippen LogP contribution in [-0.2, 0) is 9.53 Å². The molecule has 0 radical (unpaired) electrons. The molecule has 1 aromatic rings. The molecule has 1 fully saturated rings. The van der Waals surface area contributed by atoms with Gasteiger partial charge in [0.05, 0.1) is 0 Å². The SMILES string of the molecule is CCCC[C@@](C)(OCC)C(=O)Nc1ccc(OCCN2CCCC2)cc1. The van der Waals surface area contributed by atoms with Crippen LogP contribution in [0.2, 0.25) is 0 Å². The standard InChI is InChI=1S/C21H34N2O3/c1-4-6-13-21(3,26-5-2)20(24)22-18-9-11-19(12-10-18)25-17-16-23-14-7-8-15-23/h9-12H,4-8,13-17H2,1-3H3,(H,22,24)/t21-/m1/s1. The van der Waals surface area contributed by atoms with E-state index in [2.05, 4.69) is 17.1 Å². The van der Waals surface area contributed by atoms with E-state index in [0.717, 1.165) is 37.2 Å². The van der Waals surface area contributed by atoms with E-state index in [9.17, 15) is 4.79 Å². The van der Waals surface area contributed by atoms with Gasteiger partial charge < -0.3 is 14.8 Å². The van der Waals surface area contributed by atoms with Gasteiger partial charge in [-0.1, -0.05) is 19.8 Å². The zero-order valence-corrected chi connectivity index (χ0v) is 16.6. The van der Waals surface area contributed by atoms with Crippen molar-refractivity contribution in [3.05, 3.63) is 24.3 Å². The molecule has 1 atom stereocenters. The second kappa shape index (κ2) is 10.5. The Labute approximate surface area is 158 Å². The number of hydrogen-bond acceptors (Lipinski definition) is 4. The Morgan fingerprint density at radius 2 is 1.88 bits per heavy atom. The molecule has 0 saturated carbocycles. The van der Waals surface area contributed by atoms with Crippen molar-refractivity contribution in [1.82, 2.24) is 4.90 Å². The molecule has 1 aliphatic heterocycles. The van der Waals surface area contributed by atoms with E-state index in [0.29, 0.717) is 13.2 Å². The number of unbranched alkanes of at least 4 members (excludes halogenated alkanes) is 1. The highest BCUT2D eigenvalue weighted by Gasteiger charge is 2.33. The predicted octanol–water partition coefficient (Wildman–Crippen LogP) is 4.09. The number of carbonyl (C=O) groups excluding carboxylic acids is 1. The molecule has 0 aliphatic carbocycles. The monoisotopic (exact) mass is 362 g/mol. The number of carbonyl (C=O) groups is 1. The van der Waals surface area contributed by atoms with E-state index in [4.69, 9.17) is 9.47 Å². The summed E-state index contributed by atoms with van der Waals surface area (Å²) in [5.41, 5.74) is -0.0142. The number of rotatable bonds is 11. The van der Waals surface area contributed by atoms with Crippen molar-refractivity contribution < 1.29 is 14.3 Å². The number of benzene rings is 1. The number of nitrogens with zero attached hydrogens (tertiary/aromatic N) is 1. The largest absolute Gasteiger partial charge is 0.492 e. The number of likely N-dealkylation sites (tertiary alicyclic amines) is 1. The molecule has 1 amide bonds. The van der Waals surface area contributed by atoms with Crippen molar-refractivity contribution in [2.24, 2.45) is 0 Å². The maximum atomic E-state index is 12.7. The topological polar surface area (TPSA) is 50.8 Å². The number of ether oxygens (including phenoxy) is 2. The van der Waals surface area contributed by atoms with Crippen LogP contribution in [-0.4, -0.2) is 49.3 Å². The van der Waals surface area contributed by atoms with Crippen molar-refractivity contribution >= 4 is 11.6 Å². The van der Waals surface area contributed by atoms with Crippen molar-refractivity contribution in [2.75, 3.05) is 38.2 Å².